The minimum Gasteiger partial charge on any atom is -0.274 e. The first kappa shape index (κ1) is 17.9. The lowest BCUT2D eigenvalue weighted by Gasteiger charge is -2.52. The second kappa shape index (κ2) is 5.83. The number of imide groups is 1. The highest BCUT2D eigenvalue weighted by molar-refractivity contribution is 6.32. The molecule has 4 heteroatoms. The summed E-state index contributed by atoms with van der Waals surface area (Å²) in [6, 6.07) is 22.0. The Bertz CT molecular complexity index is 1220. The van der Waals surface area contributed by atoms with Crippen LogP contribution in [0.25, 0.3) is 0 Å². The Hall–Kier alpha value is -2.91. The van der Waals surface area contributed by atoms with Crippen molar-refractivity contribution < 1.29 is 9.59 Å². The van der Waals surface area contributed by atoms with Gasteiger partial charge in [-0.25, -0.2) is 4.90 Å². The van der Waals surface area contributed by atoms with Crippen LogP contribution in [-0.4, -0.2) is 11.8 Å². The SMILES string of the molecule is Cc1ccc(N2C(=O)[C@@H]3[C@@H](C2=O)C2c4ccccc4C3(C)c3ccccc32)cc1Cl. The molecule has 0 aromatic heterocycles. The molecule has 30 heavy (non-hydrogen) atoms. The molecule has 1 aliphatic heterocycles. The van der Waals surface area contributed by atoms with E-state index in [1.165, 1.54) is 27.2 Å². The maximum atomic E-state index is 13.8. The third-order valence-electron chi connectivity index (χ3n) is 7.46. The number of nitrogens with zero attached hydrogens (tertiary/aromatic N) is 1. The third-order valence-corrected chi connectivity index (χ3v) is 7.86. The molecule has 0 N–H and O–H groups in total. The van der Waals surface area contributed by atoms with E-state index in [0.717, 1.165) is 5.56 Å². The fraction of sp³-hybridized carbons (Fsp3) is 0.231. The summed E-state index contributed by atoms with van der Waals surface area (Å²) in [6.07, 6.45) is 0. The van der Waals surface area contributed by atoms with E-state index >= 15 is 0 Å². The number of aryl methyl sites for hydroxylation is 1. The van der Waals surface area contributed by atoms with Crippen LogP contribution in [0.3, 0.4) is 0 Å². The first-order valence-corrected chi connectivity index (χ1v) is 10.6. The molecule has 0 spiro atoms. The van der Waals surface area contributed by atoms with Gasteiger partial charge in [-0.05, 0) is 46.9 Å². The van der Waals surface area contributed by atoms with Gasteiger partial charge in [-0.2, -0.15) is 0 Å². The van der Waals surface area contributed by atoms with Crippen LogP contribution in [0.5, 0.6) is 0 Å². The number of halogens is 1. The van der Waals surface area contributed by atoms with Crippen molar-refractivity contribution in [3.8, 4) is 0 Å². The minimum atomic E-state index is -0.539. The average Bonchev–Trinajstić information content (AvgIpc) is 3.02. The highest BCUT2D eigenvalue weighted by Crippen LogP contribution is 2.64. The van der Waals surface area contributed by atoms with Crippen LogP contribution in [0.1, 0.15) is 40.7 Å². The molecular formula is C26H20ClNO2. The molecular weight excluding hydrogens is 394 g/mol. The van der Waals surface area contributed by atoms with Crippen molar-refractivity contribution in [3.05, 3.63) is 99.6 Å². The van der Waals surface area contributed by atoms with E-state index in [0.29, 0.717) is 10.7 Å². The summed E-state index contributed by atoms with van der Waals surface area (Å²) < 4.78 is 0. The zero-order valence-electron chi connectivity index (χ0n) is 16.7. The lowest BCUT2D eigenvalue weighted by atomic mass is 9.48. The summed E-state index contributed by atoms with van der Waals surface area (Å²) in [4.78, 5) is 29.0. The standard InChI is InChI=1S/C26H20ClNO2/c1-14-11-12-15(13-20(14)27)28-24(29)22-21-16-7-3-5-9-18(16)26(2,23(22)25(28)30)19-10-6-4-8-17(19)21/h3-13,21-23H,1-2H3/t21?,22-,23-,26?/m0/s1. The van der Waals surface area contributed by atoms with Crippen molar-refractivity contribution in [2.24, 2.45) is 11.8 Å². The summed E-state index contributed by atoms with van der Waals surface area (Å²) in [5.74, 6) is -1.16. The Kier molecular flexibility index (Phi) is 3.48. The molecule has 2 atom stereocenters. The second-order valence-electron chi connectivity index (χ2n) is 8.80. The van der Waals surface area contributed by atoms with Gasteiger partial charge in [-0.15, -0.1) is 0 Å². The molecule has 1 saturated heterocycles. The number of hydrogen-bond acceptors (Lipinski definition) is 2. The van der Waals surface area contributed by atoms with Crippen molar-refractivity contribution in [1.29, 1.82) is 0 Å². The van der Waals surface area contributed by atoms with Gasteiger partial charge in [-0.1, -0.05) is 73.1 Å². The van der Waals surface area contributed by atoms with Gasteiger partial charge in [0, 0.05) is 16.4 Å². The average molecular weight is 414 g/mol. The van der Waals surface area contributed by atoms with E-state index in [4.69, 9.17) is 11.6 Å². The van der Waals surface area contributed by atoms with Crippen LogP contribution in [0.15, 0.2) is 66.7 Å². The summed E-state index contributed by atoms with van der Waals surface area (Å²) in [7, 11) is 0. The predicted molar refractivity (Wildman–Crippen MR) is 117 cm³/mol. The van der Waals surface area contributed by atoms with Crippen LogP contribution in [0.2, 0.25) is 5.02 Å². The number of anilines is 1. The number of hydrogen-bond donors (Lipinski definition) is 0. The van der Waals surface area contributed by atoms with Crippen molar-refractivity contribution in [3.63, 3.8) is 0 Å². The predicted octanol–water partition coefficient (Wildman–Crippen LogP) is 5.22. The smallest absolute Gasteiger partial charge is 0.238 e. The van der Waals surface area contributed by atoms with Gasteiger partial charge < -0.3 is 0 Å². The monoisotopic (exact) mass is 413 g/mol. The van der Waals surface area contributed by atoms with Crippen LogP contribution in [0, 0.1) is 18.8 Å². The van der Waals surface area contributed by atoms with E-state index in [-0.39, 0.29) is 17.7 Å². The molecule has 2 bridgehead atoms. The summed E-state index contributed by atoms with van der Waals surface area (Å²) >= 11 is 6.33. The van der Waals surface area contributed by atoms with Crippen LogP contribution in [-0.2, 0) is 15.0 Å². The van der Waals surface area contributed by atoms with Crippen molar-refractivity contribution >= 4 is 29.1 Å². The zero-order chi connectivity index (χ0) is 20.8. The molecule has 0 unspecified atom stereocenters. The summed E-state index contributed by atoms with van der Waals surface area (Å²) in [5.41, 5.74) is 5.62. The lowest BCUT2D eigenvalue weighted by molar-refractivity contribution is -0.123. The highest BCUT2D eigenvalue weighted by Gasteiger charge is 2.66. The topological polar surface area (TPSA) is 37.4 Å². The van der Waals surface area contributed by atoms with Gasteiger partial charge in [0.15, 0.2) is 0 Å². The number of carbonyl (C=O) groups is 2. The maximum absolute atomic E-state index is 13.8. The largest absolute Gasteiger partial charge is 0.274 e. The molecule has 1 fully saturated rings. The fourth-order valence-electron chi connectivity index (χ4n) is 6.13. The molecule has 7 rings (SSSR count). The Morgan fingerprint density at radius 1 is 0.867 bits per heavy atom. The van der Waals surface area contributed by atoms with Gasteiger partial charge in [0.2, 0.25) is 11.8 Å². The van der Waals surface area contributed by atoms with Gasteiger partial charge in [0.1, 0.15) is 0 Å². The first-order chi connectivity index (χ1) is 14.4. The maximum Gasteiger partial charge on any atom is 0.238 e. The van der Waals surface area contributed by atoms with Gasteiger partial charge in [0.25, 0.3) is 0 Å². The molecule has 2 amide bonds. The molecule has 4 aliphatic rings. The van der Waals surface area contributed by atoms with E-state index in [2.05, 4.69) is 31.2 Å². The number of carbonyl (C=O) groups excluding carboxylic acids is 2. The van der Waals surface area contributed by atoms with Crippen LogP contribution >= 0.6 is 11.6 Å². The third kappa shape index (κ3) is 1.96. The lowest BCUT2D eigenvalue weighted by Crippen LogP contribution is -2.51. The van der Waals surface area contributed by atoms with Crippen LogP contribution in [0.4, 0.5) is 5.69 Å². The zero-order valence-corrected chi connectivity index (χ0v) is 17.5. The summed E-state index contributed by atoms with van der Waals surface area (Å²) in [6.45, 7) is 4.04. The fourth-order valence-corrected chi connectivity index (χ4v) is 6.30. The highest BCUT2D eigenvalue weighted by atomic mass is 35.5. The number of benzene rings is 3. The Morgan fingerprint density at radius 3 is 2.07 bits per heavy atom. The molecule has 3 aromatic rings. The van der Waals surface area contributed by atoms with E-state index in [1.54, 1.807) is 6.07 Å². The molecule has 0 saturated carbocycles. The van der Waals surface area contributed by atoms with Gasteiger partial charge in [0.05, 0.1) is 17.5 Å². The Labute approximate surface area is 180 Å². The quantitative estimate of drug-likeness (QED) is 0.513. The van der Waals surface area contributed by atoms with Crippen molar-refractivity contribution in [2.75, 3.05) is 4.90 Å². The first-order valence-electron chi connectivity index (χ1n) is 10.3. The molecule has 3 aromatic carbocycles. The molecule has 0 radical (unpaired) electrons. The van der Waals surface area contributed by atoms with Crippen molar-refractivity contribution in [2.45, 2.75) is 25.2 Å². The molecule has 3 nitrogen and oxygen atoms in total. The van der Waals surface area contributed by atoms with E-state index < -0.39 is 17.3 Å². The van der Waals surface area contributed by atoms with Crippen molar-refractivity contribution in [1.82, 2.24) is 0 Å². The number of amides is 2. The molecule has 148 valence electrons. The minimum absolute atomic E-state index is 0.105. The van der Waals surface area contributed by atoms with E-state index in [9.17, 15) is 9.59 Å². The number of rotatable bonds is 1. The second-order valence-corrected chi connectivity index (χ2v) is 9.21. The van der Waals surface area contributed by atoms with Gasteiger partial charge in [-0.3, -0.25) is 9.59 Å². The van der Waals surface area contributed by atoms with E-state index in [1.807, 2.05) is 43.3 Å². The molecule has 1 heterocycles. The van der Waals surface area contributed by atoms with Gasteiger partial charge >= 0.3 is 0 Å². The summed E-state index contributed by atoms with van der Waals surface area (Å²) in [5, 5.41) is 0.559. The Balaban J connectivity index is 1.60. The Morgan fingerprint density at radius 2 is 1.47 bits per heavy atom. The molecule has 3 aliphatic carbocycles. The normalized spacial score (nSPS) is 28.4. The van der Waals surface area contributed by atoms with Crippen LogP contribution < -0.4 is 4.90 Å².